The molecule has 0 bridgehead atoms. The molecule has 1 fully saturated rings. The second kappa shape index (κ2) is 12.1. The van der Waals surface area contributed by atoms with Gasteiger partial charge < -0.3 is 9.74 Å². The highest BCUT2D eigenvalue weighted by atomic mass is 35.5. The summed E-state index contributed by atoms with van der Waals surface area (Å²) in [6.07, 6.45) is 12.5. The van der Waals surface area contributed by atoms with E-state index in [9.17, 15) is 0 Å². The van der Waals surface area contributed by atoms with E-state index in [0.29, 0.717) is 6.61 Å². The van der Waals surface area contributed by atoms with Crippen LogP contribution in [0, 0.1) is 0 Å². The lowest BCUT2D eigenvalue weighted by Gasteiger charge is -2.25. The van der Waals surface area contributed by atoms with Crippen LogP contribution in [0.5, 0.6) is 0 Å². The minimum absolute atomic E-state index is 0.695. The Bertz CT molecular complexity index is 533. The van der Waals surface area contributed by atoms with Gasteiger partial charge in [0.25, 0.3) is 0 Å². The Labute approximate surface area is 157 Å². The molecular weight excluding hydrogens is 332 g/mol. The first-order valence-corrected chi connectivity index (χ1v) is 10.0. The molecular formula is C21H31ClN2O. The van der Waals surface area contributed by atoms with Gasteiger partial charge in [-0.1, -0.05) is 54.7 Å². The van der Waals surface area contributed by atoms with Crippen molar-refractivity contribution in [2.75, 3.05) is 26.2 Å². The van der Waals surface area contributed by atoms with Crippen LogP contribution in [-0.2, 0) is 4.84 Å². The first-order valence-electron chi connectivity index (χ1n) is 9.63. The van der Waals surface area contributed by atoms with E-state index >= 15 is 0 Å². The molecule has 138 valence electrons. The van der Waals surface area contributed by atoms with Gasteiger partial charge in [0.1, 0.15) is 6.61 Å². The molecule has 1 saturated heterocycles. The Morgan fingerprint density at radius 2 is 1.92 bits per heavy atom. The number of oxime groups is 1. The SMILES string of the molecule is CCCCC(/C=C/c1ccc(Cl)cc1)=N\OCCCN1CCCCC1. The Morgan fingerprint density at radius 1 is 1.16 bits per heavy atom. The molecule has 1 aliphatic rings. The van der Waals surface area contributed by atoms with Crippen LogP contribution in [0.15, 0.2) is 35.5 Å². The van der Waals surface area contributed by atoms with Crippen LogP contribution >= 0.6 is 11.6 Å². The van der Waals surface area contributed by atoms with E-state index in [1.54, 1.807) is 0 Å². The zero-order chi connectivity index (χ0) is 17.7. The fraction of sp³-hybridized carbons (Fsp3) is 0.571. The molecule has 4 heteroatoms. The Balaban J connectivity index is 1.76. The highest BCUT2D eigenvalue weighted by molar-refractivity contribution is 6.30. The van der Waals surface area contributed by atoms with Crippen LogP contribution in [0.2, 0.25) is 5.02 Å². The fourth-order valence-corrected chi connectivity index (χ4v) is 3.07. The van der Waals surface area contributed by atoms with Crippen LogP contribution in [0.4, 0.5) is 0 Å². The number of hydrogen-bond acceptors (Lipinski definition) is 3. The van der Waals surface area contributed by atoms with Crippen molar-refractivity contribution in [2.24, 2.45) is 5.16 Å². The monoisotopic (exact) mass is 362 g/mol. The van der Waals surface area contributed by atoms with E-state index in [2.05, 4.69) is 29.1 Å². The van der Waals surface area contributed by atoms with E-state index in [4.69, 9.17) is 16.4 Å². The second-order valence-corrected chi connectivity index (χ2v) is 7.10. The lowest BCUT2D eigenvalue weighted by molar-refractivity contribution is 0.124. The molecule has 2 rings (SSSR count). The predicted molar refractivity (Wildman–Crippen MR) is 108 cm³/mol. The molecule has 25 heavy (non-hydrogen) atoms. The number of piperidine rings is 1. The summed E-state index contributed by atoms with van der Waals surface area (Å²) in [5.74, 6) is 0. The molecule has 1 heterocycles. The number of rotatable bonds is 10. The van der Waals surface area contributed by atoms with Crippen molar-refractivity contribution in [1.82, 2.24) is 4.90 Å². The largest absolute Gasteiger partial charge is 0.396 e. The summed E-state index contributed by atoms with van der Waals surface area (Å²) in [5, 5.41) is 5.12. The smallest absolute Gasteiger partial charge is 0.118 e. The molecule has 0 N–H and O–H groups in total. The van der Waals surface area contributed by atoms with E-state index in [0.717, 1.165) is 48.5 Å². The zero-order valence-electron chi connectivity index (χ0n) is 15.4. The van der Waals surface area contributed by atoms with Gasteiger partial charge in [-0.2, -0.15) is 0 Å². The molecule has 1 aliphatic heterocycles. The van der Waals surface area contributed by atoms with Crippen molar-refractivity contribution in [3.8, 4) is 0 Å². The van der Waals surface area contributed by atoms with Gasteiger partial charge in [0, 0.05) is 11.6 Å². The number of allylic oxidation sites excluding steroid dienone is 1. The standard InChI is InChI=1S/C21H31ClN2O/c1-2-3-8-21(14-11-19-9-12-20(22)13-10-19)23-25-18-7-17-24-15-5-4-6-16-24/h9-14H,2-8,15-18H2,1H3/b14-11+,23-21+. The summed E-state index contributed by atoms with van der Waals surface area (Å²) < 4.78 is 0. The number of benzene rings is 1. The van der Waals surface area contributed by atoms with Crippen LogP contribution in [0.1, 0.15) is 57.4 Å². The minimum Gasteiger partial charge on any atom is -0.396 e. The minimum atomic E-state index is 0.695. The van der Waals surface area contributed by atoms with Crippen LogP contribution < -0.4 is 0 Å². The van der Waals surface area contributed by atoms with Gasteiger partial charge in [0.2, 0.25) is 0 Å². The summed E-state index contributed by atoms with van der Waals surface area (Å²) in [5.41, 5.74) is 2.13. The number of hydrogen-bond donors (Lipinski definition) is 0. The van der Waals surface area contributed by atoms with Crippen molar-refractivity contribution >= 4 is 23.4 Å². The van der Waals surface area contributed by atoms with Gasteiger partial charge in [-0.15, -0.1) is 0 Å². The highest BCUT2D eigenvalue weighted by Gasteiger charge is 2.08. The third kappa shape index (κ3) is 8.55. The molecule has 0 amide bonds. The third-order valence-electron chi connectivity index (χ3n) is 4.47. The highest BCUT2D eigenvalue weighted by Crippen LogP contribution is 2.12. The maximum atomic E-state index is 5.93. The second-order valence-electron chi connectivity index (χ2n) is 6.66. The Morgan fingerprint density at radius 3 is 2.64 bits per heavy atom. The Hall–Kier alpha value is -1.32. The van der Waals surface area contributed by atoms with Crippen molar-refractivity contribution in [3.05, 3.63) is 40.9 Å². The molecule has 0 spiro atoms. The van der Waals surface area contributed by atoms with Crippen LogP contribution in [0.3, 0.4) is 0 Å². The van der Waals surface area contributed by atoms with Gasteiger partial charge in [-0.3, -0.25) is 0 Å². The first kappa shape index (κ1) is 20.0. The average molecular weight is 363 g/mol. The van der Waals surface area contributed by atoms with Gasteiger partial charge in [0.05, 0.1) is 5.71 Å². The van der Waals surface area contributed by atoms with Gasteiger partial charge in [0.15, 0.2) is 0 Å². The topological polar surface area (TPSA) is 24.8 Å². The zero-order valence-corrected chi connectivity index (χ0v) is 16.2. The normalized spacial score (nSPS) is 16.5. The van der Waals surface area contributed by atoms with Crippen molar-refractivity contribution in [1.29, 1.82) is 0 Å². The molecule has 0 saturated carbocycles. The molecule has 0 aliphatic carbocycles. The molecule has 0 unspecified atom stereocenters. The van der Waals surface area contributed by atoms with Crippen molar-refractivity contribution in [2.45, 2.75) is 51.9 Å². The maximum Gasteiger partial charge on any atom is 0.118 e. The third-order valence-corrected chi connectivity index (χ3v) is 4.72. The summed E-state index contributed by atoms with van der Waals surface area (Å²) in [6.45, 7) is 6.50. The number of likely N-dealkylation sites (tertiary alicyclic amines) is 1. The molecule has 1 aromatic carbocycles. The van der Waals surface area contributed by atoms with Crippen molar-refractivity contribution in [3.63, 3.8) is 0 Å². The summed E-state index contributed by atoms with van der Waals surface area (Å²) in [6, 6.07) is 7.83. The van der Waals surface area contributed by atoms with E-state index in [1.165, 1.54) is 32.4 Å². The van der Waals surface area contributed by atoms with Gasteiger partial charge in [-0.25, -0.2) is 0 Å². The maximum absolute atomic E-state index is 5.93. The van der Waals surface area contributed by atoms with Gasteiger partial charge >= 0.3 is 0 Å². The number of nitrogens with zero attached hydrogens (tertiary/aromatic N) is 2. The lowest BCUT2D eigenvalue weighted by atomic mass is 10.1. The Kier molecular flexibility index (Phi) is 9.68. The first-order chi connectivity index (χ1) is 12.3. The summed E-state index contributed by atoms with van der Waals surface area (Å²) in [4.78, 5) is 8.12. The van der Waals surface area contributed by atoms with Crippen LogP contribution in [0.25, 0.3) is 6.08 Å². The molecule has 0 atom stereocenters. The molecule has 1 aromatic rings. The van der Waals surface area contributed by atoms with E-state index in [1.807, 2.05) is 24.3 Å². The quantitative estimate of drug-likeness (QED) is 0.299. The summed E-state index contributed by atoms with van der Waals surface area (Å²) in [7, 11) is 0. The van der Waals surface area contributed by atoms with Gasteiger partial charge in [-0.05, 0) is 69.0 Å². The number of halogens is 1. The van der Waals surface area contributed by atoms with E-state index in [-0.39, 0.29) is 0 Å². The average Bonchev–Trinajstić information content (AvgIpc) is 2.65. The van der Waals surface area contributed by atoms with Crippen molar-refractivity contribution < 1.29 is 4.84 Å². The van der Waals surface area contributed by atoms with E-state index < -0.39 is 0 Å². The summed E-state index contributed by atoms with van der Waals surface area (Å²) >= 11 is 5.93. The lowest BCUT2D eigenvalue weighted by Crippen LogP contribution is -2.31. The molecule has 0 aromatic heterocycles. The fourth-order valence-electron chi connectivity index (χ4n) is 2.95. The van der Waals surface area contributed by atoms with Crippen LogP contribution in [-0.4, -0.2) is 36.9 Å². The predicted octanol–water partition coefficient (Wildman–Crippen LogP) is 5.79. The number of unbranched alkanes of at least 4 members (excludes halogenated alkanes) is 1. The molecule has 0 radical (unpaired) electrons. The molecule has 3 nitrogen and oxygen atoms in total.